The number of nitrogens with one attached hydrogen (secondary N) is 1. The zero-order valence-corrected chi connectivity index (χ0v) is 11.3. The van der Waals surface area contributed by atoms with Gasteiger partial charge in [-0.3, -0.25) is 9.59 Å². The standard InChI is InChI=1S/C15H23NO3/c17-14(9-6-11-4-2-1-3-5-11)16-13-8-7-12(10-13)15(18)19/h7-8,11-13H,1-6,9-10H2,(H,16,17)(H,18,19). The molecule has 0 bridgehead atoms. The van der Waals surface area contributed by atoms with Crippen molar-refractivity contribution in [2.45, 2.75) is 57.4 Å². The van der Waals surface area contributed by atoms with Crippen LogP contribution in [0.5, 0.6) is 0 Å². The summed E-state index contributed by atoms with van der Waals surface area (Å²) in [6.07, 6.45) is 12.0. The zero-order chi connectivity index (χ0) is 13.7. The number of hydrogen-bond acceptors (Lipinski definition) is 2. The molecule has 0 aromatic carbocycles. The second-order valence-corrected chi connectivity index (χ2v) is 5.78. The van der Waals surface area contributed by atoms with Crippen molar-refractivity contribution in [3.63, 3.8) is 0 Å². The minimum absolute atomic E-state index is 0.0614. The molecule has 106 valence electrons. The molecule has 2 rings (SSSR count). The molecule has 0 heterocycles. The monoisotopic (exact) mass is 265 g/mol. The van der Waals surface area contributed by atoms with E-state index < -0.39 is 11.9 Å². The molecule has 0 radical (unpaired) electrons. The largest absolute Gasteiger partial charge is 0.481 e. The van der Waals surface area contributed by atoms with Gasteiger partial charge in [-0.05, 0) is 18.8 Å². The summed E-state index contributed by atoms with van der Waals surface area (Å²) in [5.74, 6) is -0.476. The van der Waals surface area contributed by atoms with Crippen molar-refractivity contribution in [2.24, 2.45) is 11.8 Å². The van der Waals surface area contributed by atoms with E-state index in [0.717, 1.165) is 6.42 Å². The molecule has 0 saturated heterocycles. The van der Waals surface area contributed by atoms with Crippen molar-refractivity contribution in [3.8, 4) is 0 Å². The molecule has 1 amide bonds. The summed E-state index contributed by atoms with van der Waals surface area (Å²) < 4.78 is 0. The molecule has 2 aliphatic carbocycles. The van der Waals surface area contributed by atoms with Crippen molar-refractivity contribution in [1.82, 2.24) is 5.32 Å². The van der Waals surface area contributed by atoms with E-state index in [1.807, 2.05) is 0 Å². The number of carbonyl (C=O) groups is 2. The van der Waals surface area contributed by atoms with Gasteiger partial charge in [-0.25, -0.2) is 0 Å². The van der Waals surface area contributed by atoms with E-state index in [9.17, 15) is 9.59 Å². The normalized spacial score (nSPS) is 27.4. The fourth-order valence-corrected chi connectivity index (χ4v) is 3.08. The molecule has 4 nitrogen and oxygen atoms in total. The quantitative estimate of drug-likeness (QED) is 0.750. The van der Waals surface area contributed by atoms with Crippen molar-refractivity contribution >= 4 is 11.9 Å². The SMILES string of the molecule is O=C(CCC1CCCCC1)NC1C=CC(C(=O)O)C1. The number of carboxylic acids is 1. The molecule has 2 atom stereocenters. The predicted octanol–water partition coefficient (Wildman–Crippen LogP) is 2.49. The van der Waals surface area contributed by atoms with Gasteiger partial charge >= 0.3 is 5.97 Å². The fraction of sp³-hybridized carbons (Fsp3) is 0.733. The summed E-state index contributed by atoms with van der Waals surface area (Å²) in [6.45, 7) is 0. The summed E-state index contributed by atoms with van der Waals surface area (Å²) in [4.78, 5) is 22.6. The molecule has 1 fully saturated rings. The smallest absolute Gasteiger partial charge is 0.310 e. The maximum Gasteiger partial charge on any atom is 0.310 e. The lowest BCUT2D eigenvalue weighted by Gasteiger charge is -2.21. The Morgan fingerprint density at radius 2 is 1.89 bits per heavy atom. The highest BCUT2D eigenvalue weighted by molar-refractivity contribution is 5.77. The average Bonchev–Trinajstić information content (AvgIpc) is 2.86. The highest BCUT2D eigenvalue weighted by Gasteiger charge is 2.25. The Morgan fingerprint density at radius 1 is 1.16 bits per heavy atom. The Balaban J connectivity index is 1.65. The predicted molar refractivity (Wildman–Crippen MR) is 72.6 cm³/mol. The molecule has 1 saturated carbocycles. The summed E-state index contributed by atoms with van der Waals surface area (Å²) in [5, 5.41) is 11.8. The third-order valence-electron chi connectivity index (χ3n) is 4.25. The molecule has 4 heteroatoms. The van der Waals surface area contributed by atoms with Crippen LogP contribution in [0, 0.1) is 11.8 Å². The number of amides is 1. The minimum Gasteiger partial charge on any atom is -0.481 e. The first-order valence-corrected chi connectivity index (χ1v) is 7.35. The van der Waals surface area contributed by atoms with E-state index in [1.54, 1.807) is 12.2 Å². The summed E-state index contributed by atoms with van der Waals surface area (Å²) in [6, 6.07) is -0.0973. The van der Waals surface area contributed by atoms with Gasteiger partial charge in [0.1, 0.15) is 0 Å². The number of hydrogen-bond donors (Lipinski definition) is 2. The van der Waals surface area contributed by atoms with Crippen LogP contribution in [0.1, 0.15) is 51.4 Å². The zero-order valence-electron chi connectivity index (χ0n) is 11.3. The average molecular weight is 265 g/mol. The first-order chi connectivity index (χ1) is 9.15. The van der Waals surface area contributed by atoms with Crippen LogP contribution in [0.15, 0.2) is 12.2 Å². The van der Waals surface area contributed by atoms with Crippen molar-refractivity contribution in [2.75, 3.05) is 0 Å². The lowest BCUT2D eigenvalue weighted by Crippen LogP contribution is -2.33. The molecule has 0 aliphatic heterocycles. The van der Waals surface area contributed by atoms with Crippen molar-refractivity contribution in [3.05, 3.63) is 12.2 Å². The molecule has 0 spiro atoms. The van der Waals surface area contributed by atoms with Crippen molar-refractivity contribution in [1.29, 1.82) is 0 Å². The van der Waals surface area contributed by atoms with Gasteiger partial charge in [0.2, 0.25) is 5.91 Å². The third kappa shape index (κ3) is 4.37. The molecule has 19 heavy (non-hydrogen) atoms. The highest BCUT2D eigenvalue weighted by Crippen LogP contribution is 2.27. The van der Waals surface area contributed by atoms with Crippen LogP contribution in [0.2, 0.25) is 0 Å². The summed E-state index contributed by atoms with van der Waals surface area (Å²) in [5.41, 5.74) is 0. The van der Waals surface area contributed by atoms with E-state index in [1.165, 1.54) is 32.1 Å². The van der Waals surface area contributed by atoms with Gasteiger partial charge in [0.15, 0.2) is 0 Å². The Morgan fingerprint density at radius 3 is 2.53 bits per heavy atom. The van der Waals surface area contributed by atoms with E-state index in [0.29, 0.717) is 18.8 Å². The van der Waals surface area contributed by atoms with Gasteiger partial charge < -0.3 is 10.4 Å². The van der Waals surface area contributed by atoms with Gasteiger partial charge in [-0.1, -0.05) is 44.3 Å². The molecule has 2 unspecified atom stereocenters. The molecule has 2 aliphatic rings. The first kappa shape index (κ1) is 14.1. The maximum absolute atomic E-state index is 11.8. The van der Waals surface area contributed by atoms with Gasteiger partial charge in [0.05, 0.1) is 5.92 Å². The van der Waals surface area contributed by atoms with Crippen molar-refractivity contribution < 1.29 is 14.7 Å². The van der Waals surface area contributed by atoms with Crippen LogP contribution in [-0.4, -0.2) is 23.0 Å². The molecular formula is C15H23NO3. The van der Waals surface area contributed by atoms with Crippen LogP contribution in [0.25, 0.3) is 0 Å². The molecule has 0 aromatic heterocycles. The Bertz CT molecular complexity index is 358. The Labute approximate surface area is 114 Å². The number of rotatable bonds is 5. The molecule has 2 N–H and O–H groups in total. The highest BCUT2D eigenvalue weighted by atomic mass is 16.4. The summed E-state index contributed by atoms with van der Waals surface area (Å²) in [7, 11) is 0. The van der Waals surface area contributed by atoms with Crippen LogP contribution >= 0.6 is 0 Å². The van der Waals surface area contributed by atoms with Crippen LogP contribution in [0.4, 0.5) is 0 Å². The Kier molecular flexibility index (Phi) is 5.00. The lowest BCUT2D eigenvalue weighted by molar-refractivity contribution is -0.140. The number of carboxylic acid groups (broad SMARTS) is 1. The second-order valence-electron chi connectivity index (χ2n) is 5.78. The first-order valence-electron chi connectivity index (χ1n) is 7.35. The lowest BCUT2D eigenvalue weighted by atomic mass is 9.86. The Hall–Kier alpha value is -1.32. The van der Waals surface area contributed by atoms with Gasteiger partial charge in [0, 0.05) is 12.5 Å². The van der Waals surface area contributed by atoms with E-state index in [-0.39, 0.29) is 11.9 Å². The minimum atomic E-state index is -0.810. The van der Waals surface area contributed by atoms with Gasteiger partial charge in [-0.2, -0.15) is 0 Å². The maximum atomic E-state index is 11.8. The fourth-order valence-electron chi connectivity index (χ4n) is 3.08. The van der Waals surface area contributed by atoms with E-state index in [4.69, 9.17) is 5.11 Å². The summed E-state index contributed by atoms with van der Waals surface area (Å²) >= 11 is 0. The van der Waals surface area contributed by atoms with E-state index >= 15 is 0 Å². The molecular weight excluding hydrogens is 242 g/mol. The van der Waals surface area contributed by atoms with Crippen LogP contribution < -0.4 is 5.32 Å². The second kappa shape index (κ2) is 6.73. The number of aliphatic carboxylic acids is 1. The number of carbonyl (C=O) groups excluding carboxylic acids is 1. The van der Waals surface area contributed by atoms with Gasteiger partial charge in [-0.15, -0.1) is 0 Å². The molecule has 0 aromatic rings. The van der Waals surface area contributed by atoms with Gasteiger partial charge in [0.25, 0.3) is 0 Å². The van der Waals surface area contributed by atoms with Crippen LogP contribution in [0.3, 0.4) is 0 Å². The van der Waals surface area contributed by atoms with E-state index in [2.05, 4.69) is 5.32 Å². The topological polar surface area (TPSA) is 66.4 Å². The van der Waals surface area contributed by atoms with Crippen LogP contribution in [-0.2, 0) is 9.59 Å². The third-order valence-corrected chi connectivity index (χ3v) is 4.25.